The summed E-state index contributed by atoms with van der Waals surface area (Å²) in [6.07, 6.45) is 2.59. The highest BCUT2D eigenvalue weighted by Crippen LogP contribution is 2.11. The second kappa shape index (κ2) is 6.46. The molecule has 16 heavy (non-hydrogen) atoms. The SMILES string of the molecule is CC(C)(C)COC#CC#CCNC(C)(C)C. The van der Waals surface area contributed by atoms with E-state index < -0.39 is 0 Å². The molecule has 0 aliphatic carbocycles. The maximum absolute atomic E-state index is 5.16. The van der Waals surface area contributed by atoms with Crippen molar-refractivity contribution >= 4 is 0 Å². The first-order valence-electron chi connectivity index (χ1n) is 5.55. The minimum atomic E-state index is 0.102. The molecule has 0 heterocycles. The van der Waals surface area contributed by atoms with E-state index in [-0.39, 0.29) is 11.0 Å². The lowest BCUT2D eigenvalue weighted by molar-refractivity contribution is 0.170. The van der Waals surface area contributed by atoms with E-state index in [4.69, 9.17) is 4.74 Å². The summed E-state index contributed by atoms with van der Waals surface area (Å²) in [5.74, 6) is 8.34. The smallest absolute Gasteiger partial charge is 0.124 e. The van der Waals surface area contributed by atoms with E-state index in [2.05, 4.69) is 70.7 Å². The van der Waals surface area contributed by atoms with Gasteiger partial charge in [-0.05, 0) is 32.1 Å². The Bertz CT molecular complexity index is 275. The van der Waals surface area contributed by atoms with E-state index in [1.165, 1.54) is 0 Å². The Kier molecular flexibility index (Phi) is 6.01. The summed E-state index contributed by atoms with van der Waals surface area (Å²) in [6, 6.07) is 0. The van der Waals surface area contributed by atoms with Crippen LogP contribution >= 0.6 is 0 Å². The van der Waals surface area contributed by atoms with Crippen LogP contribution in [-0.2, 0) is 4.74 Å². The Morgan fingerprint density at radius 3 is 2.12 bits per heavy atom. The lowest BCUT2D eigenvalue weighted by Crippen LogP contribution is -2.35. The van der Waals surface area contributed by atoms with Gasteiger partial charge in [0, 0.05) is 11.5 Å². The van der Waals surface area contributed by atoms with Gasteiger partial charge in [0.15, 0.2) is 0 Å². The van der Waals surface area contributed by atoms with Gasteiger partial charge in [-0.1, -0.05) is 26.7 Å². The van der Waals surface area contributed by atoms with E-state index in [0.717, 1.165) is 0 Å². The van der Waals surface area contributed by atoms with Crippen molar-refractivity contribution in [1.29, 1.82) is 0 Å². The normalized spacial score (nSPS) is 10.9. The summed E-state index contributed by atoms with van der Waals surface area (Å²) in [5, 5.41) is 3.25. The molecule has 0 unspecified atom stereocenters. The minimum Gasteiger partial charge on any atom is -0.445 e. The summed E-state index contributed by atoms with van der Waals surface area (Å²) in [5.41, 5.74) is 0.251. The van der Waals surface area contributed by atoms with Crippen LogP contribution in [0, 0.1) is 29.3 Å². The Balaban J connectivity index is 3.73. The lowest BCUT2D eigenvalue weighted by Gasteiger charge is -2.17. The molecule has 0 aromatic rings. The van der Waals surface area contributed by atoms with E-state index in [9.17, 15) is 0 Å². The Morgan fingerprint density at radius 1 is 1.00 bits per heavy atom. The van der Waals surface area contributed by atoms with Crippen molar-refractivity contribution in [2.45, 2.75) is 47.1 Å². The van der Waals surface area contributed by atoms with Crippen LogP contribution in [0.25, 0.3) is 0 Å². The van der Waals surface area contributed by atoms with Crippen LogP contribution in [-0.4, -0.2) is 18.7 Å². The summed E-state index contributed by atoms with van der Waals surface area (Å²) in [6.45, 7) is 13.9. The molecule has 0 radical (unpaired) electrons. The van der Waals surface area contributed by atoms with Gasteiger partial charge >= 0.3 is 0 Å². The van der Waals surface area contributed by atoms with Gasteiger partial charge in [0.2, 0.25) is 0 Å². The first-order chi connectivity index (χ1) is 7.21. The highest BCUT2D eigenvalue weighted by atomic mass is 16.5. The van der Waals surface area contributed by atoms with Gasteiger partial charge in [0.1, 0.15) is 12.7 Å². The third kappa shape index (κ3) is 12.9. The molecule has 0 fully saturated rings. The predicted molar refractivity (Wildman–Crippen MR) is 68.7 cm³/mol. The molecular formula is C14H23NO. The van der Waals surface area contributed by atoms with E-state index in [0.29, 0.717) is 13.2 Å². The maximum atomic E-state index is 5.16. The molecule has 90 valence electrons. The molecule has 2 nitrogen and oxygen atoms in total. The van der Waals surface area contributed by atoms with Gasteiger partial charge in [0.25, 0.3) is 0 Å². The molecular weight excluding hydrogens is 198 g/mol. The Labute approximate surface area is 100 Å². The zero-order chi connectivity index (χ0) is 12.7. The number of rotatable bonds is 2. The fraction of sp³-hybridized carbons (Fsp3) is 0.714. The molecule has 0 saturated heterocycles. The van der Waals surface area contributed by atoms with Crippen molar-refractivity contribution in [3.8, 4) is 23.9 Å². The quantitative estimate of drug-likeness (QED) is 0.723. The topological polar surface area (TPSA) is 21.3 Å². The largest absolute Gasteiger partial charge is 0.445 e. The van der Waals surface area contributed by atoms with Gasteiger partial charge in [-0.3, -0.25) is 0 Å². The standard InChI is InChI=1S/C14H23NO/c1-13(2,3)12-16-11-9-7-8-10-15-14(4,5)6/h15H,10,12H2,1-6H3. The van der Waals surface area contributed by atoms with Crippen LogP contribution in [0.15, 0.2) is 0 Å². The van der Waals surface area contributed by atoms with Crippen molar-refractivity contribution in [3.63, 3.8) is 0 Å². The predicted octanol–water partition coefficient (Wildman–Crippen LogP) is 2.40. The summed E-state index contributed by atoms with van der Waals surface area (Å²) >= 11 is 0. The molecule has 0 amide bonds. The minimum absolute atomic E-state index is 0.102. The average Bonchev–Trinajstić information content (AvgIpc) is 2.06. The van der Waals surface area contributed by atoms with Crippen LogP contribution in [0.2, 0.25) is 0 Å². The molecule has 0 aromatic heterocycles. The van der Waals surface area contributed by atoms with Crippen LogP contribution in [0.4, 0.5) is 0 Å². The van der Waals surface area contributed by atoms with Crippen LogP contribution < -0.4 is 5.32 Å². The zero-order valence-corrected chi connectivity index (χ0v) is 11.3. The van der Waals surface area contributed by atoms with Crippen LogP contribution in [0.3, 0.4) is 0 Å². The first kappa shape index (κ1) is 14.9. The van der Waals surface area contributed by atoms with Crippen molar-refractivity contribution < 1.29 is 4.74 Å². The number of hydrogen-bond donors (Lipinski definition) is 1. The summed E-state index contributed by atoms with van der Waals surface area (Å²) in [7, 11) is 0. The molecule has 0 aromatic carbocycles. The number of hydrogen-bond acceptors (Lipinski definition) is 2. The second-order valence-corrected chi connectivity index (χ2v) is 5.98. The van der Waals surface area contributed by atoms with E-state index in [1.54, 1.807) is 0 Å². The highest BCUT2D eigenvalue weighted by Gasteiger charge is 2.09. The number of nitrogens with one attached hydrogen (secondary N) is 1. The first-order valence-corrected chi connectivity index (χ1v) is 5.55. The van der Waals surface area contributed by atoms with Crippen molar-refractivity contribution in [2.75, 3.05) is 13.2 Å². The molecule has 2 heteroatoms. The maximum Gasteiger partial charge on any atom is 0.124 e. The second-order valence-electron chi connectivity index (χ2n) is 5.98. The summed E-state index contributed by atoms with van der Waals surface area (Å²) < 4.78 is 5.16. The molecule has 0 aliphatic rings. The summed E-state index contributed by atoms with van der Waals surface area (Å²) in [4.78, 5) is 0. The zero-order valence-electron chi connectivity index (χ0n) is 11.3. The molecule has 0 aliphatic heterocycles. The fourth-order valence-corrected chi connectivity index (χ4v) is 0.712. The molecule has 1 N–H and O–H groups in total. The van der Waals surface area contributed by atoms with Crippen molar-refractivity contribution in [2.24, 2.45) is 5.41 Å². The van der Waals surface area contributed by atoms with Crippen molar-refractivity contribution in [1.82, 2.24) is 5.32 Å². The van der Waals surface area contributed by atoms with E-state index >= 15 is 0 Å². The Morgan fingerprint density at radius 2 is 1.62 bits per heavy atom. The number of ether oxygens (including phenoxy) is 1. The highest BCUT2D eigenvalue weighted by molar-refractivity contribution is 5.24. The third-order valence-electron chi connectivity index (χ3n) is 1.49. The molecule has 0 atom stereocenters. The molecule has 0 saturated carbocycles. The molecule has 0 spiro atoms. The van der Waals surface area contributed by atoms with Crippen LogP contribution in [0.5, 0.6) is 0 Å². The lowest BCUT2D eigenvalue weighted by atomic mass is 9.99. The van der Waals surface area contributed by atoms with Gasteiger partial charge in [0.05, 0.1) is 6.54 Å². The van der Waals surface area contributed by atoms with Crippen molar-refractivity contribution in [3.05, 3.63) is 0 Å². The fourth-order valence-electron chi connectivity index (χ4n) is 0.712. The van der Waals surface area contributed by atoms with Crippen LogP contribution in [0.1, 0.15) is 41.5 Å². The third-order valence-corrected chi connectivity index (χ3v) is 1.49. The molecule has 0 rings (SSSR count). The average molecular weight is 221 g/mol. The van der Waals surface area contributed by atoms with E-state index in [1.807, 2.05) is 0 Å². The molecule has 0 bridgehead atoms. The Hall–Kier alpha value is -1.12. The van der Waals surface area contributed by atoms with Gasteiger partial charge in [-0.15, -0.1) is 0 Å². The van der Waals surface area contributed by atoms with Gasteiger partial charge in [-0.25, -0.2) is 0 Å². The monoisotopic (exact) mass is 221 g/mol. The van der Waals surface area contributed by atoms with Gasteiger partial charge < -0.3 is 10.1 Å². The van der Waals surface area contributed by atoms with Gasteiger partial charge in [-0.2, -0.15) is 0 Å².